The SMILES string of the molecule is CCN1CCCc2cc(CN(C3CCCC3)S(=O)(=O)c3ccc(CCOC)cc3)ccc21. The molecule has 0 unspecified atom stereocenters. The lowest BCUT2D eigenvalue weighted by Crippen LogP contribution is -2.38. The average molecular weight is 457 g/mol. The molecule has 0 amide bonds. The minimum atomic E-state index is -3.56. The average Bonchev–Trinajstić information content (AvgIpc) is 3.35. The van der Waals surface area contributed by atoms with Crippen LogP contribution < -0.4 is 4.90 Å². The van der Waals surface area contributed by atoms with Crippen LogP contribution in [0.3, 0.4) is 0 Å². The van der Waals surface area contributed by atoms with Crippen molar-refractivity contribution < 1.29 is 13.2 Å². The van der Waals surface area contributed by atoms with Crippen LogP contribution in [0.5, 0.6) is 0 Å². The fraction of sp³-hybridized carbons (Fsp3) is 0.538. The first kappa shape index (κ1) is 23.3. The maximum absolute atomic E-state index is 13.7. The van der Waals surface area contributed by atoms with Crippen LogP contribution in [0.15, 0.2) is 47.4 Å². The van der Waals surface area contributed by atoms with Crippen molar-refractivity contribution in [1.29, 1.82) is 0 Å². The van der Waals surface area contributed by atoms with Crippen LogP contribution in [-0.2, 0) is 34.1 Å². The highest BCUT2D eigenvalue weighted by Gasteiger charge is 2.33. The summed E-state index contributed by atoms with van der Waals surface area (Å²) < 4.78 is 34.4. The van der Waals surface area contributed by atoms with E-state index in [1.54, 1.807) is 23.5 Å². The Morgan fingerprint density at radius 3 is 2.44 bits per heavy atom. The third-order valence-corrected chi connectivity index (χ3v) is 8.85. The third kappa shape index (κ3) is 5.03. The quantitative estimate of drug-likeness (QED) is 0.545. The molecule has 0 radical (unpaired) electrons. The zero-order chi connectivity index (χ0) is 22.6. The molecule has 0 bridgehead atoms. The van der Waals surface area contributed by atoms with Crippen LogP contribution in [0.4, 0.5) is 5.69 Å². The Bertz CT molecular complexity index is 998. The number of rotatable bonds is 9. The van der Waals surface area contributed by atoms with E-state index in [1.807, 2.05) is 12.1 Å². The first-order valence-electron chi connectivity index (χ1n) is 12.0. The van der Waals surface area contributed by atoms with E-state index in [-0.39, 0.29) is 6.04 Å². The van der Waals surface area contributed by atoms with Gasteiger partial charge in [0, 0.05) is 38.5 Å². The number of methoxy groups -OCH3 is 1. The highest BCUT2D eigenvalue weighted by Crippen LogP contribution is 2.33. The molecule has 2 aromatic rings. The summed E-state index contributed by atoms with van der Waals surface area (Å²) in [7, 11) is -1.89. The number of fused-ring (bicyclic) bond motifs is 1. The fourth-order valence-electron chi connectivity index (χ4n) is 5.12. The molecule has 1 saturated carbocycles. The topological polar surface area (TPSA) is 49.9 Å². The van der Waals surface area contributed by atoms with Gasteiger partial charge in [0.2, 0.25) is 10.0 Å². The first-order chi connectivity index (χ1) is 15.5. The third-order valence-electron chi connectivity index (χ3n) is 6.94. The van der Waals surface area contributed by atoms with Crippen molar-refractivity contribution in [3.63, 3.8) is 0 Å². The fourth-order valence-corrected chi connectivity index (χ4v) is 6.79. The maximum atomic E-state index is 13.7. The van der Waals surface area contributed by atoms with Crippen molar-refractivity contribution in [3.05, 3.63) is 59.2 Å². The number of nitrogens with zero attached hydrogens (tertiary/aromatic N) is 2. The van der Waals surface area contributed by atoms with Gasteiger partial charge in [0.05, 0.1) is 11.5 Å². The van der Waals surface area contributed by atoms with E-state index in [4.69, 9.17) is 4.74 Å². The second-order valence-electron chi connectivity index (χ2n) is 9.02. The van der Waals surface area contributed by atoms with E-state index >= 15 is 0 Å². The molecular weight excluding hydrogens is 420 g/mol. The summed E-state index contributed by atoms with van der Waals surface area (Å²) in [5.74, 6) is 0. The second-order valence-corrected chi connectivity index (χ2v) is 10.9. The summed E-state index contributed by atoms with van der Waals surface area (Å²) in [5.41, 5.74) is 4.84. The molecule has 4 rings (SSSR count). The monoisotopic (exact) mass is 456 g/mol. The molecule has 0 spiro atoms. The number of hydrogen-bond acceptors (Lipinski definition) is 4. The van der Waals surface area contributed by atoms with Crippen LogP contribution in [0, 0.1) is 0 Å². The molecule has 1 fully saturated rings. The molecule has 2 aromatic carbocycles. The van der Waals surface area contributed by atoms with Gasteiger partial charge in [0.1, 0.15) is 0 Å². The number of sulfonamides is 1. The molecule has 5 nitrogen and oxygen atoms in total. The predicted octanol–water partition coefficient (Wildman–Crippen LogP) is 4.78. The van der Waals surface area contributed by atoms with Crippen molar-refractivity contribution in [2.24, 2.45) is 0 Å². The minimum Gasteiger partial charge on any atom is -0.384 e. The van der Waals surface area contributed by atoms with Crippen molar-refractivity contribution in [1.82, 2.24) is 4.31 Å². The lowest BCUT2D eigenvalue weighted by molar-refractivity contribution is 0.202. The molecule has 0 N–H and O–H groups in total. The predicted molar refractivity (Wildman–Crippen MR) is 130 cm³/mol. The molecule has 32 heavy (non-hydrogen) atoms. The highest BCUT2D eigenvalue weighted by atomic mass is 32.2. The zero-order valence-electron chi connectivity index (χ0n) is 19.4. The first-order valence-corrected chi connectivity index (χ1v) is 13.4. The van der Waals surface area contributed by atoms with Crippen molar-refractivity contribution in [2.45, 2.75) is 69.4 Å². The highest BCUT2D eigenvalue weighted by molar-refractivity contribution is 7.89. The Kier molecular flexibility index (Phi) is 7.54. The number of ether oxygens (including phenoxy) is 1. The van der Waals surface area contributed by atoms with E-state index in [1.165, 1.54) is 11.3 Å². The van der Waals surface area contributed by atoms with Gasteiger partial charge in [-0.3, -0.25) is 0 Å². The van der Waals surface area contributed by atoms with Gasteiger partial charge >= 0.3 is 0 Å². The maximum Gasteiger partial charge on any atom is 0.243 e. The smallest absolute Gasteiger partial charge is 0.243 e. The number of benzene rings is 2. The molecule has 0 aromatic heterocycles. The van der Waals surface area contributed by atoms with Gasteiger partial charge in [-0.05, 0) is 73.9 Å². The van der Waals surface area contributed by atoms with Crippen LogP contribution >= 0.6 is 0 Å². The minimum absolute atomic E-state index is 0.0799. The summed E-state index contributed by atoms with van der Waals surface area (Å²) in [6.45, 7) is 5.38. The largest absolute Gasteiger partial charge is 0.384 e. The van der Waals surface area contributed by atoms with Crippen LogP contribution in [0.1, 0.15) is 55.7 Å². The lowest BCUT2D eigenvalue weighted by atomic mass is 9.99. The van der Waals surface area contributed by atoms with Crippen LogP contribution in [0.25, 0.3) is 0 Å². The van der Waals surface area contributed by atoms with Gasteiger partial charge < -0.3 is 9.64 Å². The van der Waals surface area contributed by atoms with E-state index in [0.717, 1.165) is 69.2 Å². The normalized spacial score (nSPS) is 17.2. The summed E-state index contributed by atoms with van der Waals surface area (Å²) in [6, 6.07) is 14.0. The van der Waals surface area contributed by atoms with E-state index in [0.29, 0.717) is 18.0 Å². The van der Waals surface area contributed by atoms with Gasteiger partial charge in [-0.1, -0.05) is 37.1 Å². The summed E-state index contributed by atoms with van der Waals surface area (Å²) in [5, 5.41) is 0. The van der Waals surface area contributed by atoms with Gasteiger partial charge in [-0.15, -0.1) is 0 Å². The van der Waals surface area contributed by atoms with Gasteiger partial charge in [0.15, 0.2) is 0 Å². The molecule has 1 aliphatic carbocycles. The lowest BCUT2D eigenvalue weighted by Gasteiger charge is -2.32. The Morgan fingerprint density at radius 2 is 1.75 bits per heavy atom. The standard InChI is InChI=1S/C26H36N2O3S/c1-3-27-17-6-7-23-19-22(12-15-26(23)27)20-28(24-8-4-5-9-24)32(29,30)25-13-10-21(11-14-25)16-18-31-2/h10-15,19,24H,3-9,16-18,20H2,1-2H3. The number of anilines is 1. The molecule has 6 heteroatoms. The Morgan fingerprint density at radius 1 is 1.03 bits per heavy atom. The van der Waals surface area contributed by atoms with Crippen molar-refractivity contribution >= 4 is 15.7 Å². The molecule has 0 saturated heterocycles. The van der Waals surface area contributed by atoms with Crippen LogP contribution in [-0.4, -0.2) is 45.6 Å². The second kappa shape index (κ2) is 10.4. The Balaban J connectivity index is 1.60. The Hall–Kier alpha value is -1.89. The Labute approximate surface area is 193 Å². The van der Waals surface area contributed by atoms with E-state index < -0.39 is 10.0 Å². The van der Waals surface area contributed by atoms with E-state index in [2.05, 4.69) is 30.0 Å². The van der Waals surface area contributed by atoms with Crippen molar-refractivity contribution in [3.8, 4) is 0 Å². The molecule has 1 heterocycles. The molecule has 2 aliphatic rings. The van der Waals surface area contributed by atoms with Crippen molar-refractivity contribution in [2.75, 3.05) is 31.7 Å². The number of aryl methyl sites for hydroxylation is 1. The van der Waals surface area contributed by atoms with Gasteiger partial charge in [-0.2, -0.15) is 4.31 Å². The van der Waals surface area contributed by atoms with E-state index in [9.17, 15) is 8.42 Å². The molecule has 1 aliphatic heterocycles. The zero-order valence-corrected chi connectivity index (χ0v) is 20.2. The summed E-state index contributed by atoms with van der Waals surface area (Å²) >= 11 is 0. The molecule has 174 valence electrons. The molecule has 0 atom stereocenters. The molecular formula is C26H36N2O3S. The van der Waals surface area contributed by atoms with Gasteiger partial charge in [0.25, 0.3) is 0 Å². The summed E-state index contributed by atoms with van der Waals surface area (Å²) in [6.07, 6.45) is 7.10. The number of hydrogen-bond donors (Lipinski definition) is 0. The van der Waals surface area contributed by atoms with Gasteiger partial charge in [-0.25, -0.2) is 8.42 Å². The summed E-state index contributed by atoms with van der Waals surface area (Å²) in [4.78, 5) is 2.81. The van der Waals surface area contributed by atoms with Crippen LogP contribution in [0.2, 0.25) is 0 Å².